The van der Waals surface area contributed by atoms with E-state index in [1.807, 2.05) is 0 Å². The molecule has 0 spiro atoms. The molecule has 21 heavy (non-hydrogen) atoms. The van der Waals surface area contributed by atoms with E-state index in [9.17, 15) is 31.4 Å². The first-order chi connectivity index (χ1) is 9.47. The molecule has 0 unspecified atom stereocenters. The van der Waals surface area contributed by atoms with Gasteiger partial charge in [-0.3, -0.25) is 0 Å². The summed E-state index contributed by atoms with van der Waals surface area (Å²) < 4.78 is 77.4. The molecule has 1 heterocycles. The Balaban J connectivity index is 2.52. The van der Waals surface area contributed by atoms with Crippen molar-refractivity contribution in [3.63, 3.8) is 0 Å². The van der Waals surface area contributed by atoms with Gasteiger partial charge in [0.1, 0.15) is 0 Å². The molecule has 0 aliphatic rings. The second-order valence-electron chi connectivity index (χ2n) is 4.79. The lowest BCUT2D eigenvalue weighted by atomic mass is 9.96. The molecule has 0 bridgehead atoms. The van der Waals surface area contributed by atoms with E-state index in [0.29, 0.717) is 10.9 Å². The van der Waals surface area contributed by atoms with Crippen molar-refractivity contribution < 1.29 is 31.4 Å². The van der Waals surface area contributed by atoms with Gasteiger partial charge in [-0.25, -0.2) is 0 Å². The Morgan fingerprint density at radius 1 is 1.00 bits per heavy atom. The highest BCUT2D eigenvalue weighted by atomic mass is 19.4. The highest BCUT2D eigenvalue weighted by molar-refractivity contribution is 5.81. The van der Waals surface area contributed by atoms with Gasteiger partial charge in [-0.1, -0.05) is 18.2 Å². The Bertz CT molecular complexity index is 641. The molecule has 0 radical (unpaired) electrons. The molecule has 0 fully saturated rings. The molecule has 0 saturated heterocycles. The van der Waals surface area contributed by atoms with E-state index in [1.54, 1.807) is 24.3 Å². The highest BCUT2D eigenvalue weighted by Gasteiger charge is 2.70. The molecule has 1 aromatic carbocycles. The van der Waals surface area contributed by atoms with Gasteiger partial charge in [-0.05, 0) is 17.5 Å². The molecule has 0 atom stereocenters. The van der Waals surface area contributed by atoms with Crippen LogP contribution in [0.2, 0.25) is 0 Å². The summed E-state index contributed by atoms with van der Waals surface area (Å²) in [7, 11) is 1.35. The van der Waals surface area contributed by atoms with Gasteiger partial charge in [0, 0.05) is 24.7 Å². The number of halogens is 6. The minimum atomic E-state index is -5.82. The smallest absolute Gasteiger partial charge is 0.373 e. The maximum atomic E-state index is 12.7. The lowest BCUT2D eigenvalue weighted by molar-refractivity contribution is -0.367. The van der Waals surface area contributed by atoms with Crippen molar-refractivity contribution in [2.45, 2.75) is 24.4 Å². The van der Waals surface area contributed by atoms with Gasteiger partial charge in [0.2, 0.25) is 0 Å². The van der Waals surface area contributed by atoms with Gasteiger partial charge < -0.3 is 9.67 Å². The van der Waals surface area contributed by atoms with Crippen LogP contribution in [-0.2, 0) is 13.5 Å². The Labute approximate surface area is 115 Å². The van der Waals surface area contributed by atoms with Crippen LogP contribution in [0.1, 0.15) is 5.69 Å². The fourth-order valence-electron chi connectivity index (χ4n) is 2.14. The van der Waals surface area contributed by atoms with Gasteiger partial charge in [0.05, 0.1) is 0 Å². The van der Waals surface area contributed by atoms with Gasteiger partial charge in [-0.2, -0.15) is 26.3 Å². The predicted molar refractivity (Wildman–Crippen MR) is 63.7 cm³/mol. The summed E-state index contributed by atoms with van der Waals surface area (Å²) in [5.74, 6) is 0. The molecule has 1 aromatic heterocycles. The zero-order chi connectivity index (χ0) is 16.1. The number of aliphatic hydroxyl groups is 1. The fourth-order valence-corrected chi connectivity index (χ4v) is 2.14. The van der Waals surface area contributed by atoms with Crippen LogP contribution < -0.4 is 0 Å². The molecule has 0 amide bonds. The van der Waals surface area contributed by atoms with Crippen LogP contribution in [0.15, 0.2) is 30.3 Å². The summed E-state index contributed by atoms with van der Waals surface area (Å²) in [5, 5.41) is 9.73. The normalized spacial score (nSPS) is 13.9. The monoisotopic (exact) mass is 311 g/mol. The summed E-state index contributed by atoms with van der Waals surface area (Å²) in [4.78, 5) is 0. The third-order valence-electron chi connectivity index (χ3n) is 3.43. The van der Waals surface area contributed by atoms with Gasteiger partial charge in [0.25, 0.3) is 5.60 Å². The number of para-hydroxylation sites is 1. The van der Waals surface area contributed by atoms with Gasteiger partial charge in [0.15, 0.2) is 0 Å². The van der Waals surface area contributed by atoms with E-state index in [-0.39, 0.29) is 5.69 Å². The zero-order valence-corrected chi connectivity index (χ0v) is 10.8. The minimum Gasteiger partial charge on any atom is -0.373 e. The molecule has 0 saturated carbocycles. The second-order valence-corrected chi connectivity index (χ2v) is 4.79. The van der Waals surface area contributed by atoms with Crippen LogP contribution in [0.4, 0.5) is 26.3 Å². The van der Waals surface area contributed by atoms with E-state index < -0.39 is 24.4 Å². The van der Waals surface area contributed by atoms with Crippen molar-refractivity contribution in [3.05, 3.63) is 36.0 Å². The first-order valence-electron chi connectivity index (χ1n) is 5.86. The van der Waals surface area contributed by atoms with Crippen LogP contribution in [0.5, 0.6) is 0 Å². The Morgan fingerprint density at radius 3 is 2.00 bits per heavy atom. The zero-order valence-electron chi connectivity index (χ0n) is 10.8. The average Bonchev–Trinajstić information content (AvgIpc) is 2.64. The highest BCUT2D eigenvalue weighted by Crippen LogP contribution is 2.45. The van der Waals surface area contributed by atoms with Crippen LogP contribution in [0, 0.1) is 0 Å². The minimum absolute atomic E-state index is 0.256. The maximum absolute atomic E-state index is 12.7. The van der Waals surface area contributed by atoms with Crippen LogP contribution in [0.3, 0.4) is 0 Å². The number of fused-ring (bicyclic) bond motifs is 1. The second kappa shape index (κ2) is 4.66. The van der Waals surface area contributed by atoms with Crippen LogP contribution in [-0.4, -0.2) is 27.6 Å². The number of aryl methyl sites for hydroxylation is 1. The first kappa shape index (κ1) is 15.7. The number of alkyl halides is 6. The number of aromatic nitrogens is 1. The number of rotatable bonds is 2. The third-order valence-corrected chi connectivity index (χ3v) is 3.43. The SMILES string of the molecule is Cn1c(CC(O)(C(F)(F)F)C(F)(F)F)cc2ccccc21. The number of benzene rings is 1. The maximum Gasteiger partial charge on any atom is 0.426 e. The Hall–Kier alpha value is -1.70. The van der Waals surface area contributed by atoms with Crippen molar-refractivity contribution in [2.24, 2.45) is 7.05 Å². The van der Waals surface area contributed by atoms with E-state index in [4.69, 9.17) is 0 Å². The molecular weight excluding hydrogens is 300 g/mol. The number of hydrogen-bond acceptors (Lipinski definition) is 1. The summed E-state index contributed by atoms with van der Waals surface area (Å²) in [6, 6.07) is 7.58. The number of hydrogen-bond donors (Lipinski definition) is 1. The number of nitrogens with zero attached hydrogens (tertiary/aromatic N) is 1. The van der Waals surface area contributed by atoms with Crippen molar-refractivity contribution in [2.75, 3.05) is 0 Å². The van der Waals surface area contributed by atoms with Crippen molar-refractivity contribution in [3.8, 4) is 0 Å². The molecule has 116 valence electrons. The molecule has 0 aliphatic carbocycles. The summed E-state index contributed by atoms with van der Waals surface area (Å²) >= 11 is 0. The Kier molecular flexibility index (Phi) is 3.48. The quantitative estimate of drug-likeness (QED) is 0.843. The van der Waals surface area contributed by atoms with E-state index in [0.717, 1.165) is 0 Å². The largest absolute Gasteiger partial charge is 0.426 e. The lowest BCUT2D eigenvalue weighted by Crippen LogP contribution is -2.58. The molecule has 1 N–H and O–H groups in total. The summed E-state index contributed by atoms with van der Waals surface area (Å²) in [5.41, 5.74) is -4.55. The van der Waals surface area contributed by atoms with Gasteiger partial charge in [-0.15, -0.1) is 0 Å². The molecule has 0 aliphatic heterocycles. The van der Waals surface area contributed by atoms with Gasteiger partial charge >= 0.3 is 12.4 Å². The van der Waals surface area contributed by atoms with E-state index in [1.165, 1.54) is 17.7 Å². The lowest BCUT2D eigenvalue weighted by Gasteiger charge is -2.32. The van der Waals surface area contributed by atoms with E-state index >= 15 is 0 Å². The van der Waals surface area contributed by atoms with Crippen LogP contribution >= 0.6 is 0 Å². The summed E-state index contributed by atoms with van der Waals surface area (Å²) in [6.07, 6.45) is -13.2. The summed E-state index contributed by atoms with van der Waals surface area (Å²) in [6.45, 7) is 0. The topological polar surface area (TPSA) is 25.2 Å². The Morgan fingerprint density at radius 2 is 1.52 bits per heavy atom. The first-order valence-corrected chi connectivity index (χ1v) is 5.86. The molecule has 8 heteroatoms. The molecule has 2 rings (SSSR count). The standard InChI is InChI=1S/C13H11F6NO/c1-20-9(6-8-4-2-3-5-10(8)20)7-11(21,12(14,15)16)13(17,18)19/h2-6,21H,7H2,1H3. The average molecular weight is 311 g/mol. The van der Waals surface area contributed by atoms with Crippen molar-refractivity contribution >= 4 is 10.9 Å². The molecule has 2 aromatic rings. The van der Waals surface area contributed by atoms with Crippen molar-refractivity contribution in [1.82, 2.24) is 4.57 Å². The van der Waals surface area contributed by atoms with Crippen LogP contribution in [0.25, 0.3) is 10.9 Å². The fraction of sp³-hybridized carbons (Fsp3) is 0.385. The third kappa shape index (κ3) is 2.48. The molecular formula is C13H11F6NO. The van der Waals surface area contributed by atoms with Crippen molar-refractivity contribution in [1.29, 1.82) is 0 Å². The predicted octanol–water partition coefficient (Wildman–Crippen LogP) is 3.58. The molecule has 2 nitrogen and oxygen atoms in total. The van der Waals surface area contributed by atoms with E-state index in [2.05, 4.69) is 0 Å².